The normalized spacial score (nSPS) is 11.8. The van der Waals surface area contributed by atoms with Crippen molar-refractivity contribution >= 4 is 61.9 Å². The van der Waals surface area contributed by atoms with Gasteiger partial charge >= 0.3 is 5.97 Å². The molecule has 1 aromatic heterocycles. The second-order valence-electron chi connectivity index (χ2n) is 6.20. The van der Waals surface area contributed by atoms with Crippen LogP contribution in [0.1, 0.15) is 19.8 Å². The van der Waals surface area contributed by atoms with Crippen LogP contribution in [0.3, 0.4) is 0 Å². The van der Waals surface area contributed by atoms with Gasteiger partial charge in [-0.25, -0.2) is 4.98 Å². The number of carboxylic acid groups (broad SMARTS) is 1. The predicted molar refractivity (Wildman–Crippen MR) is 116 cm³/mol. The van der Waals surface area contributed by atoms with Crippen LogP contribution in [0.4, 0.5) is 10.8 Å². The maximum atomic E-state index is 12.5. The summed E-state index contributed by atoms with van der Waals surface area (Å²) in [5, 5.41) is 14.3. The number of para-hydroxylation sites is 1. The van der Waals surface area contributed by atoms with Crippen molar-refractivity contribution in [3.05, 3.63) is 48.5 Å². The van der Waals surface area contributed by atoms with Gasteiger partial charge in [0.25, 0.3) is 0 Å². The second-order valence-corrected chi connectivity index (χ2v) is 8.65. The summed E-state index contributed by atoms with van der Waals surface area (Å²) in [5.74, 6) is -1.50. The van der Waals surface area contributed by atoms with Crippen LogP contribution in [0, 0.1) is 0 Å². The topological polar surface area (TPSA) is 108 Å². The molecule has 0 spiro atoms. The lowest BCUT2D eigenvalue weighted by Gasteiger charge is -2.11. The molecule has 0 bridgehead atoms. The Labute approximate surface area is 175 Å². The van der Waals surface area contributed by atoms with Crippen LogP contribution in [-0.2, 0) is 14.4 Å². The number of benzene rings is 2. The molecule has 0 fully saturated rings. The molecular formula is C20H19N3O4S2. The van der Waals surface area contributed by atoms with Gasteiger partial charge in [0.05, 0.1) is 21.9 Å². The van der Waals surface area contributed by atoms with Crippen LogP contribution in [-0.4, -0.2) is 33.1 Å². The second kappa shape index (κ2) is 9.53. The Bertz CT molecular complexity index is 1000. The van der Waals surface area contributed by atoms with Gasteiger partial charge in [-0.15, -0.1) is 11.8 Å². The minimum absolute atomic E-state index is 0.0746. The number of carboxylic acids is 1. The average Bonchev–Trinajstić information content (AvgIpc) is 3.10. The zero-order valence-corrected chi connectivity index (χ0v) is 17.2. The fraction of sp³-hybridized carbons (Fsp3) is 0.200. The summed E-state index contributed by atoms with van der Waals surface area (Å²) in [6, 6.07) is 14.8. The molecule has 3 aromatic rings. The van der Waals surface area contributed by atoms with E-state index in [1.807, 2.05) is 31.2 Å². The Morgan fingerprint density at radius 2 is 1.79 bits per heavy atom. The van der Waals surface area contributed by atoms with Gasteiger partial charge in [0, 0.05) is 17.0 Å². The first kappa shape index (κ1) is 20.8. The van der Waals surface area contributed by atoms with E-state index in [2.05, 4.69) is 15.6 Å². The quantitative estimate of drug-likeness (QED) is 0.463. The molecule has 2 amide bonds. The average molecular weight is 430 g/mol. The summed E-state index contributed by atoms with van der Waals surface area (Å²) < 4.78 is 1.02. The number of aliphatic carboxylic acids is 1. The number of fused-ring (bicyclic) bond motifs is 1. The molecule has 7 nitrogen and oxygen atoms in total. The lowest BCUT2D eigenvalue weighted by molar-refractivity contribution is -0.138. The smallest absolute Gasteiger partial charge is 0.303 e. The van der Waals surface area contributed by atoms with Gasteiger partial charge in [0.2, 0.25) is 11.8 Å². The Kier molecular flexibility index (Phi) is 6.84. The van der Waals surface area contributed by atoms with Gasteiger partial charge in [-0.05, 0) is 43.3 Å². The number of carbonyl (C=O) groups is 3. The molecule has 0 aliphatic rings. The molecule has 1 heterocycles. The fourth-order valence-electron chi connectivity index (χ4n) is 2.45. The molecule has 150 valence electrons. The van der Waals surface area contributed by atoms with Crippen LogP contribution in [0.25, 0.3) is 10.2 Å². The third kappa shape index (κ3) is 6.03. The summed E-state index contributed by atoms with van der Waals surface area (Å²) in [6.07, 6.45) is -0.282. The van der Waals surface area contributed by atoms with Gasteiger partial charge in [-0.3, -0.25) is 14.4 Å². The monoisotopic (exact) mass is 429 g/mol. The third-order valence-corrected chi connectivity index (χ3v) is 5.97. The molecule has 0 radical (unpaired) electrons. The summed E-state index contributed by atoms with van der Waals surface area (Å²) in [6.45, 7) is 1.81. The zero-order valence-electron chi connectivity index (χ0n) is 15.5. The highest BCUT2D eigenvalue weighted by atomic mass is 32.2. The van der Waals surface area contributed by atoms with E-state index in [1.54, 1.807) is 24.3 Å². The first-order valence-electron chi connectivity index (χ1n) is 8.85. The molecule has 29 heavy (non-hydrogen) atoms. The van der Waals surface area contributed by atoms with E-state index in [4.69, 9.17) is 5.11 Å². The van der Waals surface area contributed by atoms with Crippen molar-refractivity contribution in [3.63, 3.8) is 0 Å². The van der Waals surface area contributed by atoms with E-state index in [9.17, 15) is 14.4 Å². The number of nitrogens with one attached hydrogen (secondary N) is 2. The number of hydrogen-bond acceptors (Lipinski definition) is 6. The van der Waals surface area contributed by atoms with E-state index in [-0.39, 0.29) is 29.9 Å². The van der Waals surface area contributed by atoms with Crippen LogP contribution in [0.5, 0.6) is 0 Å². The van der Waals surface area contributed by atoms with E-state index < -0.39 is 5.97 Å². The molecule has 2 aromatic carbocycles. The summed E-state index contributed by atoms with van der Waals surface area (Å²) >= 11 is 2.83. The Morgan fingerprint density at radius 3 is 2.48 bits per heavy atom. The van der Waals surface area contributed by atoms with Gasteiger partial charge in [-0.1, -0.05) is 23.5 Å². The molecule has 0 saturated carbocycles. The van der Waals surface area contributed by atoms with Crippen molar-refractivity contribution in [3.8, 4) is 0 Å². The minimum atomic E-state index is -1.01. The first-order valence-corrected chi connectivity index (χ1v) is 10.5. The minimum Gasteiger partial charge on any atom is -0.481 e. The SMILES string of the molecule is CC(Sc1ccc(NC(=O)CCC(=O)O)cc1)C(=O)Nc1nc2ccccc2s1. The number of rotatable bonds is 8. The number of carbonyl (C=O) groups excluding carboxylic acids is 2. The first-order chi connectivity index (χ1) is 13.9. The summed E-state index contributed by atoms with van der Waals surface area (Å²) in [4.78, 5) is 39.9. The van der Waals surface area contributed by atoms with Gasteiger partial charge in [0.15, 0.2) is 5.13 Å². The number of hydrogen-bond donors (Lipinski definition) is 3. The van der Waals surface area contributed by atoms with Gasteiger partial charge in [0.1, 0.15) is 0 Å². The number of nitrogens with zero attached hydrogens (tertiary/aromatic N) is 1. The van der Waals surface area contributed by atoms with E-state index in [0.717, 1.165) is 15.1 Å². The van der Waals surface area contributed by atoms with Gasteiger partial charge < -0.3 is 15.7 Å². The van der Waals surface area contributed by atoms with Crippen molar-refractivity contribution in [1.82, 2.24) is 4.98 Å². The van der Waals surface area contributed by atoms with Crippen molar-refractivity contribution in [2.45, 2.75) is 29.9 Å². The molecule has 0 saturated heterocycles. The maximum absolute atomic E-state index is 12.5. The van der Waals surface area contributed by atoms with Crippen molar-refractivity contribution < 1.29 is 19.5 Å². The van der Waals surface area contributed by atoms with Gasteiger partial charge in [-0.2, -0.15) is 0 Å². The zero-order chi connectivity index (χ0) is 20.8. The highest BCUT2D eigenvalue weighted by molar-refractivity contribution is 8.00. The standard InChI is InChI=1S/C20H19N3O4S2/c1-12(19(27)23-20-22-15-4-2-3-5-16(15)29-20)28-14-8-6-13(7-9-14)21-17(24)10-11-18(25)26/h2-9,12H,10-11H2,1H3,(H,21,24)(H,25,26)(H,22,23,27). The number of amides is 2. The number of aromatic nitrogens is 1. The molecule has 1 atom stereocenters. The van der Waals surface area contributed by atoms with Crippen LogP contribution in [0.15, 0.2) is 53.4 Å². The lowest BCUT2D eigenvalue weighted by Crippen LogP contribution is -2.22. The molecule has 9 heteroatoms. The summed E-state index contributed by atoms with van der Waals surface area (Å²) in [7, 11) is 0. The van der Waals surface area contributed by atoms with Crippen molar-refractivity contribution in [1.29, 1.82) is 0 Å². The maximum Gasteiger partial charge on any atom is 0.303 e. The van der Waals surface area contributed by atoms with Crippen LogP contribution >= 0.6 is 23.1 Å². The van der Waals surface area contributed by atoms with Crippen LogP contribution in [0.2, 0.25) is 0 Å². The Hall–Kier alpha value is -2.91. The largest absolute Gasteiger partial charge is 0.481 e. The predicted octanol–water partition coefficient (Wildman–Crippen LogP) is 4.22. The highest BCUT2D eigenvalue weighted by Crippen LogP contribution is 2.28. The molecule has 0 aliphatic carbocycles. The molecule has 3 N–H and O–H groups in total. The number of thioether (sulfide) groups is 1. The van der Waals surface area contributed by atoms with Crippen LogP contribution < -0.4 is 10.6 Å². The highest BCUT2D eigenvalue weighted by Gasteiger charge is 2.16. The molecular weight excluding hydrogens is 410 g/mol. The molecule has 3 rings (SSSR count). The lowest BCUT2D eigenvalue weighted by atomic mass is 10.2. The van der Waals surface area contributed by atoms with Crippen molar-refractivity contribution in [2.24, 2.45) is 0 Å². The number of thiazole rings is 1. The Balaban J connectivity index is 1.52. The van der Waals surface area contributed by atoms with E-state index >= 15 is 0 Å². The van der Waals surface area contributed by atoms with E-state index in [0.29, 0.717) is 10.8 Å². The van der Waals surface area contributed by atoms with Crippen molar-refractivity contribution in [2.75, 3.05) is 10.6 Å². The van der Waals surface area contributed by atoms with E-state index in [1.165, 1.54) is 23.1 Å². The summed E-state index contributed by atoms with van der Waals surface area (Å²) in [5.41, 5.74) is 1.44. The Morgan fingerprint density at radius 1 is 1.07 bits per heavy atom. The fourth-order valence-corrected chi connectivity index (χ4v) is 4.19. The third-order valence-electron chi connectivity index (χ3n) is 3.91. The molecule has 0 aliphatic heterocycles. The number of anilines is 2. The molecule has 1 unspecified atom stereocenters.